The Bertz CT molecular complexity index is 465. The maximum absolute atomic E-state index is 11.7. The van der Waals surface area contributed by atoms with E-state index in [0.717, 1.165) is 0 Å². The normalized spacial score (nSPS) is 25.0. The lowest BCUT2D eigenvalue weighted by molar-refractivity contribution is -0.302. The van der Waals surface area contributed by atoms with Crippen molar-refractivity contribution in [2.45, 2.75) is 77.5 Å². The van der Waals surface area contributed by atoms with Crippen molar-refractivity contribution < 1.29 is 23.4 Å². The first-order valence-corrected chi connectivity index (χ1v) is 11.6. The van der Waals surface area contributed by atoms with Crippen LogP contribution in [0.25, 0.3) is 0 Å². The summed E-state index contributed by atoms with van der Waals surface area (Å²) >= 11 is 0. The van der Waals surface area contributed by atoms with Crippen molar-refractivity contribution in [2.75, 3.05) is 19.8 Å². The summed E-state index contributed by atoms with van der Waals surface area (Å²) in [6.07, 6.45) is 3.86. The molecular weight excluding hydrogens is 324 g/mol. The Morgan fingerprint density at radius 1 is 1.29 bits per heavy atom. The molecule has 1 fully saturated rings. The largest absolute Gasteiger partial charge is 0.463 e. The van der Waals surface area contributed by atoms with Crippen LogP contribution in [0.2, 0.25) is 18.1 Å². The monoisotopic (exact) mass is 358 g/mol. The molecule has 1 heterocycles. The van der Waals surface area contributed by atoms with E-state index >= 15 is 0 Å². The van der Waals surface area contributed by atoms with Crippen molar-refractivity contribution >= 4 is 14.3 Å². The van der Waals surface area contributed by atoms with Crippen molar-refractivity contribution in [1.29, 1.82) is 0 Å². The molecule has 24 heavy (non-hydrogen) atoms. The zero-order valence-corrected chi connectivity index (χ0v) is 17.5. The van der Waals surface area contributed by atoms with E-state index in [0.29, 0.717) is 26.2 Å². The second-order valence-corrected chi connectivity index (χ2v) is 13.1. The molecule has 0 bridgehead atoms. The number of carbonyl (C=O) groups is 1. The van der Waals surface area contributed by atoms with E-state index in [2.05, 4.69) is 33.9 Å². The molecule has 0 aromatic heterocycles. The van der Waals surface area contributed by atoms with Gasteiger partial charge in [0.15, 0.2) is 14.1 Å². The molecule has 0 radical (unpaired) electrons. The van der Waals surface area contributed by atoms with E-state index in [-0.39, 0.29) is 11.0 Å². The molecule has 1 aliphatic heterocycles. The highest BCUT2D eigenvalue weighted by Crippen LogP contribution is 2.39. The quantitative estimate of drug-likeness (QED) is 0.407. The van der Waals surface area contributed by atoms with Gasteiger partial charge in [-0.05, 0) is 45.0 Å². The molecule has 0 saturated carbocycles. The Hall–Kier alpha value is -0.693. The van der Waals surface area contributed by atoms with E-state index in [9.17, 15) is 4.79 Å². The Morgan fingerprint density at radius 3 is 2.42 bits per heavy atom. The molecule has 0 N–H and O–H groups in total. The first kappa shape index (κ1) is 21.3. The van der Waals surface area contributed by atoms with Gasteiger partial charge in [0.05, 0.1) is 19.8 Å². The predicted octanol–water partition coefficient (Wildman–Crippen LogP) is 4.04. The van der Waals surface area contributed by atoms with Crippen LogP contribution in [0.15, 0.2) is 12.2 Å². The molecule has 1 saturated heterocycles. The smallest absolute Gasteiger partial charge is 0.330 e. The van der Waals surface area contributed by atoms with Crippen molar-refractivity contribution in [2.24, 2.45) is 0 Å². The fourth-order valence-electron chi connectivity index (χ4n) is 2.24. The van der Waals surface area contributed by atoms with E-state index in [4.69, 9.17) is 18.6 Å². The van der Waals surface area contributed by atoms with E-state index in [1.807, 2.05) is 13.8 Å². The summed E-state index contributed by atoms with van der Waals surface area (Å²) in [5.74, 6) is -1.08. The van der Waals surface area contributed by atoms with Gasteiger partial charge in [0.2, 0.25) is 0 Å². The second kappa shape index (κ2) is 7.68. The van der Waals surface area contributed by atoms with Gasteiger partial charge in [0, 0.05) is 12.5 Å². The molecule has 0 spiro atoms. The molecule has 1 rings (SSSR count). The molecule has 0 unspecified atom stereocenters. The third-order valence-corrected chi connectivity index (χ3v) is 9.20. The Balaban J connectivity index is 2.96. The SMILES string of the molecule is CCOC(=O)/C=C/[C@@]1(CO[Si](C)(C)C(C)(C)C)CCOC(C)(C)O1. The van der Waals surface area contributed by atoms with Crippen LogP contribution in [0.1, 0.15) is 48.0 Å². The van der Waals surface area contributed by atoms with Crippen molar-refractivity contribution in [3.63, 3.8) is 0 Å². The van der Waals surface area contributed by atoms with Crippen molar-refractivity contribution in [3.05, 3.63) is 12.2 Å². The summed E-state index contributed by atoms with van der Waals surface area (Å²) in [4.78, 5) is 11.7. The fourth-order valence-corrected chi connectivity index (χ4v) is 3.27. The summed E-state index contributed by atoms with van der Waals surface area (Å²) < 4.78 is 23.2. The van der Waals surface area contributed by atoms with Crippen molar-refractivity contribution in [1.82, 2.24) is 0 Å². The molecule has 140 valence electrons. The molecule has 1 aliphatic rings. The minimum Gasteiger partial charge on any atom is -0.463 e. The maximum atomic E-state index is 11.7. The fraction of sp³-hybridized carbons (Fsp3) is 0.833. The third kappa shape index (κ3) is 5.99. The van der Waals surface area contributed by atoms with Crippen LogP contribution in [0.4, 0.5) is 0 Å². The lowest BCUT2D eigenvalue weighted by Gasteiger charge is -2.46. The standard InChI is InChI=1S/C18H34O5Si/c1-9-20-15(19)10-11-18(12-13-21-17(5,6)23-18)14-22-24(7,8)16(2,3)4/h10-11H,9,12-14H2,1-8H3/b11-10+/t18-/m0/s1. The predicted molar refractivity (Wildman–Crippen MR) is 97.4 cm³/mol. The Labute approximate surface area is 147 Å². The molecular formula is C18H34O5Si. The molecule has 0 aliphatic carbocycles. The van der Waals surface area contributed by atoms with Gasteiger partial charge in [0.1, 0.15) is 5.60 Å². The summed E-state index contributed by atoms with van der Waals surface area (Å²) in [6.45, 7) is 17.9. The first-order chi connectivity index (χ1) is 10.8. The topological polar surface area (TPSA) is 54.0 Å². The van der Waals surface area contributed by atoms with Crippen LogP contribution in [0, 0.1) is 0 Å². The first-order valence-electron chi connectivity index (χ1n) is 8.67. The molecule has 5 nitrogen and oxygen atoms in total. The summed E-state index contributed by atoms with van der Waals surface area (Å²) in [5, 5.41) is 0.111. The minimum atomic E-state index is -1.92. The summed E-state index contributed by atoms with van der Waals surface area (Å²) in [7, 11) is -1.92. The maximum Gasteiger partial charge on any atom is 0.330 e. The Morgan fingerprint density at radius 2 is 1.92 bits per heavy atom. The molecule has 0 aromatic rings. The number of ether oxygens (including phenoxy) is 3. The Kier molecular flexibility index (Phi) is 6.83. The zero-order valence-electron chi connectivity index (χ0n) is 16.5. The van der Waals surface area contributed by atoms with Crippen LogP contribution in [-0.4, -0.2) is 45.5 Å². The van der Waals surface area contributed by atoms with Gasteiger partial charge in [-0.3, -0.25) is 0 Å². The lowest BCUT2D eigenvalue weighted by Crippen LogP contribution is -2.53. The van der Waals surface area contributed by atoms with E-state index in [1.165, 1.54) is 6.08 Å². The molecule has 6 heteroatoms. The van der Waals surface area contributed by atoms with Gasteiger partial charge >= 0.3 is 5.97 Å². The van der Waals surface area contributed by atoms with Gasteiger partial charge in [0.25, 0.3) is 0 Å². The van der Waals surface area contributed by atoms with E-state index < -0.39 is 19.7 Å². The number of hydrogen-bond donors (Lipinski definition) is 0. The zero-order chi connectivity index (χ0) is 18.6. The number of hydrogen-bond acceptors (Lipinski definition) is 5. The van der Waals surface area contributed by atoms with Crippen LogP contribution in [-0.2, 0) is 23.4 Å². The minimum absolute atomic E-state index is 0.111. The number of esters is 1. The van der Waals surface area contributed by atoms with Gasteiger partial charge in [-0.1, -0.05) is 20.8 Å². The van der Waals surface area contributed by atoms with E-state index in [1.54, 1.807) is 13.0 Å². The number of carbonyl (C=O) groups excluding carboxylic acids is 1. The van der Waals surface area contributed by atoms with Gasteiger partial charge in [-0.25, -0.2) is 4.79 Å². The average Bonchev–Trinajstić information content (AvgIpc) is 2.41. The third-order valence-electron chi connectivity index (χ3n) is 4.72. The highest BCUT2D eigenvalue weighted by molar-refractivity contribution is 6.74. The van der Waals surface area contributed by atoms with Crippen LogP contribution >= 0.6 is 0 Å². The average molecular weight is 359 g/mol. The number of rotatable bonds is 6. The van der Waals surface area contributed by atoms with Gasteiger partial charge in [-0.2, -0.15) is 0 Å². The molecule has 0 aromatic carbocycles. The van der Waals surface area contributed by atoms with Gasteiger partial charge in [-0.15, -0.1) is 0 Å². The second-order valence-electron chi connectivity index (χ2n) is 8.30. The lowest BCUT2D eigenvalue weighted by atomic mass is 9.98. The van der Waals surface area contributed by atoms with Crippen LogP contribution < -0.4 is 0 Å². The van der Waals surface area contributed by atoms with Crippen LogP contribution in [0.5, 0.6) is 0 Å². The molecule has 0 amide bonds. The molecule has 1 atom stereocenters. The summed E-state index contributed by atoms with van der Waals surface area (Å²) in [6, 6.07) is 0. The highest BCUT2D eigenvalue weighted by Gasteiger charge is 2.44. The highest BCUT2D eigenvalue weighted by atomic mass is 28.4. The van der Waals surface area contributed by atoms with Gasteiger partial charge < -0.3 is 18.6 Å². The van der Waals surface area contributed by atoms with Crippen molar-refractivity contribution in [3.8, 4) is 0 Å². The summed E-state index contributed by atoms with van der Waals surface area (Å²) in [5.41, 5.74) is -0.677. The van der Waals surface area contributed by atoms with Crippen LogP contribution in [0.3, 0.4) is 0 Å².